The summed E-state index contributed by atoms with van der Waals surface area (Å²) in [6.45, 7) is 4.16. The third-order valence-corrected chi connectivity index (χ3v) is 5.20. The molecule has 1 fully saturated rings. The average molecular weight is 410 g/mol. The molecule has 1 saturated heterocycles. The topological polar surface area (TPSA) is 86.9 Å². The van der Waals surface area contributed by atoms with Crippen LogP contribution in [0.4, 0.5) is 0 Å². The quantitative estimate of drug-likeness (QED) is 0.616. The van der Waals surface area contributed by atoms with Gasteiger partial charge in [0.05, 0.1) is 18.4 Å². The van der Waals surface area contributed by atoms with E-state index < -0.39 is 0 Å². The molecular weight excluding hydrogens is 384 g/mol. The Kier molecular flexibility index (Phi) is 6.13. The van der Waals surface area contributed by atoms with Crippen LogP contribution in [0.2, 0.25) is 0 Å². The van der Waals surface area contributed by atoms with Gasteiger partial charge in [-0.2, -0.15) is 5.10 Å². The summed E-state index contributed by atoms with van der Waals surface area (Å²) < 4.78 is 14.1. The SMILES string of the molecule is CCOc1ccc(-c2cc3c(=O)n(CCC(=O)NC[C@H]4CCCO4)ccn3n2)cc1. The second kappa shape index (κ2) is 9.13. The maximum absolute atomic E-state index is 12.8. The number of carbonyl (C=O) groups is 1. The van der Waals surface area contributed by atoms with Crippen molar-refractivity contribution >= 4 is 11.4 Å². The summed E-state index contributed by atoms with van der Waals surface area (Å²) in [6, 6.07) is 9.38. The standard InChI is InChI=1S/C22H26N4O4/c1-2-29-17-7-5-16(6-8-17)19-14-20-22(28)25(11-12-26(20)24-19)10-9-21(27)23-15-18-4-3-13-30-18/h5-8,11-12,14,18H,2-4,9-10,13,15H2,1H3,(H,23,27)/t18-/m1/s1. The van der Waals surface area contributed by atoms with Gasteiger partial charge in [-0.05, 0) is 50.1 Å². The number of carbonyl (C=O) groups excluding carboxylic acids is 1. The van der Waals surface area contributed by atoms with Gasteiger partial charge in [-0.3, -0.25) is 9.59 Å². The molecule has 30 heavy (non-hydrogen) atoms. The highest BCUT2D eigenvalue weighted by Gasteiger charge is 2.16. The number of benzene rings is 1. The maximum atomic E-state index is 12.8. The first-order valence-corrected chi connectivity index (χ1v) is 10.3. The van der Waals surface area contributed by atoms with Crippen molar-refractivity contribution in [2.24, 2.45) is 0 Å². The van der Waals surface area contributed by atoms with Gasteiger partial charge in [0.25, 0.3) is 5.56 Å². The lowest BCUT2D eigenvalue weighted by Gasteiger charge is -2.11. The maximum Gasteiger partial charge on any atom is 0.276 e. The molecule has 3 heterocycles. The second-order valence-corrected chi connectivity index (χ2v) is 7.30. The summed E-state index contributed by atoms with van der Waals surface area (Å²) in [7, 11) is 0. The second-order valence-electron chi connectivity index (χ2n) is 7.30. The minimum Gasteiger partial charge on any atom is -0.494 e. The van der Waals surface area contributed by atoms with Crippen molar-refractivity contribution < 1.29 is 14.3 Å². The van der Waals surface area contributed by atoms with Gasteiger partial charge in [-0.15, -0.1) is 0 Å². The predicted molar refractivity (Wildman–Crippen MR) is 113 cm³/mol. The number of aromatic nitrogens is 3. The van der Waals surface area contributed by atoms with Gasteiger partial charge in [0.1, 0.15) is 11.3 Å². The summed E-state index contributed by atoms with van der Waals surface area (Å²) in [5.74, 6) is 0.714. The van der Waals surface area contributed by atoms with Gasteiger partial charge in [-0.25, -0.2) is 4.52 Å². The molecule has 3 aromatic rings. The van der Waals surface area contributed by atoms with Crippen molar-refractivity contribution in [2.75, 3.05) is 19.8 Å². The van der Waals surface area contributed by atoms with E-state index in [0.717, 1.165) is 30.8 Å². The Bertz CT molecular complexity index is 1060. The zero-order valence-corrected chi connectivity index (χ0v) is 17.0. The van der Waals surface area contributed by atoms with E-state index in [2.05, 4.69) is 10.4 Å². The minimum absolute atomic E-state index is 0.0825. The first-order chi connectivity index (χ1) is 14.6. The molecule has 1 amide bonds. The third-order valence-electron chi connectivity index (χ3n) is 5.20. The number of amides is 1. The van der Waals surface area contributed by atoms with E-state index in [9.17, 15) is 9.59 Å². The van der Waals surface area contributed by atoms with Gasteiger partial charge in [0, 0.05) is 44.1 Å². The fourth-order valence-corrected chi connectivity index (χ4v) is 3.58. The average Bonchev–Trinajstić information content (AvgIpc) is 3.43. The molecule has 0 spiro atoms. The Morgan fingerprint density at radius 3 is 2.87 bits per heavy atom. The third kappa shape index (κ3) is 4.54. The summed E-state index contributed by atoms with van der Waals surface area (Å²) in [5.41, 5.74) is 1.92. The van der Waals surface area contributed by atoms with E-state index in [1.165, 1.54) is 0 Å². The number of fused-ring (bicyclic) bond motifs is 1. The normalized spacial score (nSPS) is 16.1. The summed E-state index contributed by atoms with van der Waals surface area (Å²) in [4.78, 5) is 24.9. The molecule has 1 atom stereocenters. The van der Waals surface area contributed by atoms with E-state index in [1.807, 2.05) is 31.2 Å². The largest absolute Gasteiger partial charge is 0.494 e. The van der Waals surface area contributed by atoms with Crippen molar-refractivity contribution in [3.05, 3.63) is 53.1 Å². The van der Waals surface area contributed by atoms with Crippen LogP contribution in [0.1, 0.15) is 26.2 Å². The first-order valence-electron chi connectivity index (χ1n) is 10.3. The highest BCUT2D eigenvalue weighted by Crippen LogP contribution is 2.22. The van der Waals surface area contributed by atoms with Crippen LogP contribution in [0.5, 0.6) is 5.75 Å². The molecule has 158 valence electrons. The monoisotopic (exact) mass is 410 g/mol. The van der Waals surface area contributed by atoms with E-state index >= 15 is 0 Å². The van der Waals surface area contributed by atoms with Gasteiger partial charge in [-0.1, -0.05) is 0 Å². The Hall–Kier alpha value is -3.13. The van der Waals surface area contributed by atoms with Crippen LogP contribution in [0.3, 0.4) is 0 Å². The number of aryl methyl sites for hydroxylation is 1. The van der Waals surface area contributed by atoms with E-state index in [1.54, 1.807) is 27.5 Å². The van der Waals surface area contributed by atoms with Crippen LogP contribution in [-0.2, 0) is 16.1 Å². The molecule has 2 aromatic heterocycles. The molecule has 0 bridgehead atoms. The lowest BCUT2D eigenvalue weighted by molar-refractivity contribution is -0.121. The molecule has 1 aromatic carbocycles. The van der Waals surface area contributed by atoms with Crippen LogP contribution in [0.25, 0.3) is 16.8 Å². The Morgan fingerprint density at radius 2 is 2.13 bits per heavy atom. The lowest BCUT2D eigenvalue weighted by atomic mass is 10.1. The van der Waals surface area contributed by atoms with Crippen molar-refractivity contribution in [3.8, 4) is 17.0 Å². The fraction of sp³-hybridized carbons (Fsp3) is 0.409. The molecule has 1 aliphatic rings. The van der Waals surface area contributed by atoms with Crippen LogP contribution >= 0.6 is 0 Å². The van der Waals surface area contributed by atoms with Crippen LogP contribution in [-0.4, -0.2) is 46.0 Å². The zero-order valence-electron chi connectivity index (χ0n) is 17.0. The van der Waals surface area contributed by atoms with Gasteiger partial charge in [0.15, 0.2) is 0 Å². The molecule has 0 radical (unpaired) electrons. The Labute approximate surface area is 174 Å². The molecule has 8 heteroatoms. The van der Waals surface area contributed by atoms with Gasteiger partial charge >= 0.3 is 0 Å². The smallest absolute Gasteiger partial charge is 0.276 e. The summed E-state index contributed by atoms with van der Waals surface area (Å²) in [6.07, 6.45) is 5.77. The highest BCUT2D eigenvalue weighted by atomic mass is 16.5. The zero-order chi connectivity index (χ0) is 20.9. The van der Waals surface area contributed by atoms with Gasteiger partial charge < -0.3 is 19.4 Å². The van der Waals surface area contributed by atoms with Crippen LogP contribution < -0.4 is 15.6 Å². The molecule has 8 nitrogen and oxygen atoms in total. The van der Waals surface area contributed by atoms with Crippen molar-refractivity contribution in [1.82, 2.24) is 19.5 Å². The number of hydrogen-bond acceptors (Lipinski definition) is 5. The summed E-state index contributed by atoms with van der Waals surface area (Å²) in [5, 5.41) is 7.38. The predicted octanol–water partition coefficient (Wildman–Crippen LogP) is 2.25. The van der Waals surface area contributed by atoms with Crippen molar-refractivity contribution in [2.45, 2.75) is 38.8 Å². The van der Waals surface area contributed by atoms with E-state index in [4.69, 9.17) is 9.47 Å². The molecule has 1 aliphatic heterocycles. The van der Waals surface area contributed by atoms with Crippen molar-refractivity contribution in [3.63, 3.8) is 0 Å². The van der Waals surface area contributed by atoms with E-state index in [-0.39, 0.29) is 24.0 Å². The summed E-state index contributed by atoms with van der Waals surface area (Å²) >= 11 is 0. The van der Waals surface area contributed by atoms with Crippen LogP contribution in [0.15, 0.2) is 47.5 Å². The molecule has 4 rings (SSSR count). The number of nitrogens with zero attached hydrogens (tertiary/aromatic N) is 3. The highest BCUT2D eigenvalue weighted by molar-refractivity contribution is 5.75. The minimum atomic E-state index is -0.172. The molecule has 0 saturated carbocycles. The molecule has 1 N–H and O–H groups in total. The Morgan fingerprint density at radius 1 is 1.30 bits per heavy atom. The van der Waals surface area contributed by atoms with Crippen LogP contribution in [0, 0.1) is 0 Å². The molecule has 0 aliphatic carbocycles. The van der Waals surface area contributed by atoms with Gasteiger partial charge in [0.2, 0.25) is 5.91 Å². The lowest BCUT2D eigenvalue weighted by Crippen LogP contribution is -2.33. The molecular formula is C22H26N4O4. The number of hydrogen-bond donors (Lipinski definition) is 1. The van der Waals surface area contributed by atoms with Crippen molar-refractivity contribution in [1.29, 1.82) is 0 Å². The van der Waals surface area contributed by atoms with E-state index in [0.29, 0.717) is 30.9 Å². The fourth-order valence-electron chi connectivity index (χ4n) is 3.58. The number of rotatable bonds is 8. The Balaban J connectivity index is 1.43. The molecule has 0 unspecified atom stereocenters. The number of ether oxygens (including phenoxy) is 2. The first kappa shape index (κ1) is 20.2. The number of nitrogens with one attached hydrogen (secondary N) is 1.